The second-order valence-corrected chi connectivity index (χ2v) is 8.14. The van der Waals surface area contributed by atoms with Gasteiger partial charge in [0.15, 0.2) is 0 Å². The van der Waals surface area contributed by atoms with Gasteiger partial charge < -0.3 is 24.8 Å². The molecule has 0 saturated carbocycles. The van der Waals surface area contributed by atoms with Crippen LogP contribution in [0.3, 0.4) is 0 Å². The van der Waals surface area contributed by atoms with Crippen molar-refractivity contribution in [2.45, 2.75) is 41.2 Å². The number of rotatable bonds is 11. The first-order valence-corrected chi connectivity index (χ1v) is 12.1. The molecule has 0 spiro atoms. The average Bonchev–Trinajstić information content (AvgIpc) is 3.13. The molecule has 7 heteroatoms. The van der Waals surface area contributed by atoms with Crippen LogP contribution in [0.25, 0.3) is 10.9 Å². The van der Waals surface area contributed by atoms with Gasteiger partial charge in [0.1, 0.15) is 11.4 Å². The fourth-order valence-electron chi connectivity index (χ4n) is 4.24. The summed E-state index contributed by atoms with van der Waals surface area (Å²) in [6.07, 6.45) is 0. The highest BCUT2D eigenvalue weighted by atomic mass is 16.5. The molecule has 0 bridgehead atoms. The molecule has 1 heterocycles. The Morgan fingerprint density at radius 1 is 0.971 bits per heavy atom. The smallest absolute Gasteiger partial charge is 0.272 e. The van der Waals surface area contributed by atoms with Crippen LogP contribution in [0.2, 0.25) is 0 Å². The quantitative estimate of drug-likeness (QED) is 0.432. The van der Waals surface area contributed by atoms with Crippen LogP contribution in [0.5, 0.6) is 5.75 Å². The van der Waals surface area contributed by atoms with E-state index in [1.807, 2.05) is 43.5 Å². The summed E-state index contributed by atoms with van der Waals surface area (Å²) < 4.78 is 7.66. The van der Waals surface area contributed by atoms with Gasteiger partial charge in [-0.1, -0.05) is 13.8 Å². The Kier molecular flexibility index (Phi) is 8.71. The van der Waals surface area contributed by atoms with Gasteiger partial charge in [0, 0.05) is 41.8 Å². The van der Waals surface area contributed by atoms with Crippen LogP contribution in [-0.2, 0) is 6.54 Å². The maximum Gasteiger partial charge on any atom is 0.272 e. The largest absolute Gasteiger partial charge is 0.494 e. The zero-order valence-electron chi connectivity index (χ0n) is 20.9. The highest BCUT2D eigenvalue weighted by Gasteiger charge is 2.20. The Hall–Kier alpha value is -3.32. The Labute approximate surface area is 202 Å². The molecule has 2 aromatic carbocycles. The highest BCUT2D eigenvalue weighted by molar-refractivity contribution is 6.08. The molecule has 0 atom stereocenters. The summed E-state index contributed by atoms with van der Waals surface area (Å²) in [5, 5.41) is 6.95. The van der Waals surface area contributed by atoms with Crippen molar-refractivity contribution in [2.75, 3.05) is 38.1 Å². The highest BCUT2D eigenvalue weighted by Crippen LogP contribution is 2.30. The molecule has 0 aliphatic carbocycles. The van der Waals surface area contributed by atoms with Crippen LogP contribution in [0, 0.1) is 6.92 Å². The van der Waals surface area contributed by atoms with Crippen molar-refractivity contribution in [1.29, 1.82) is 0 Å². The van der Waals surface area contributed by atoms with Crippen molar-refractivity contribution >= 4 is 28.4 Å². The summed E-state index contributed by atoms with van der Waals surface area (Å²) in [5.74, 6) is 0.506. The number of amides is 2. The van der Waals surface area contributed by atoms with E-state index < -0.39 is 0 Å². The maximum absolute atomic E-state index is 13.2. The molecule has 0 saturated heterocycles. The molecule has 2 N–H and O–H groups in total. The third kappa shape index (κ3) is 5.59. The molecule has 0 aliphatic heterocycles. The molecular weight excluding hydrogens is 428 g/mol. The van der Waals surface area contributed by atoms with Crippen molar-refractivity contribution in [3.05, 3.63) is 59.3 Å². The number of likely N-dealkylation sites (N-methyl/N-ethyl adjacent to an activating group) is 1. The van der Waals surface area contributed by atoms with Gasteiger partial charge in [0.05, 0.1) is 6.61 Å². The van der Waals surface area contributed by atoms with Crippen LogP contribution in [-0.4, -0.2) is 54.1 Å². The standard InChI is InChI=1S/C27H36N4O3/c1-6-30(7-2)17-16-28-26(32)20-10-12-21(13-11-20)29-27(33)25-19(5)23-18-22(34-9-4)14-15-24(23)31(25)8-3/h10-15,18H,6-9,16-17H2,1-5H3,(H,28,32)(H,29,33). The topological polar surface area (TPSA) is 75.6 Å². The van der Waals surface area contributed by atoms with Crippen LogP contribution < -0.4 is 15.4 Å². The number of nitrogens with zero attached hydrogens (tertiary/aromatic N) is 2. The molecule has 3 aromatic rings. The van der Waals surface area contributed by atoms with E-state index >= 15 is 0 Å². The second kappa shape index (κ2) is 11.7. The van der Waals surface area contributed by atoms with E-state index in [4.69, 9.17) is 4.74 Å². The minimum absolute atomic E-state index is 0.114. The van der Waals surface area contributed by atoms with Gasteiger partial charge in [-0.05, 0) is 81.9 Å². The Balaban J connectivity index is 1.72. The van der Waals surface area contributed by atoms with Gasteiger partial charge >= 0.3 is 0 Å². The molecule has 0 aliphatic rings. The number of fused-ring (bicyclic) bond motifs is 1. The lowest BCUT2D eigenvalue weighted by Crippen LogP contribution is -2.34. The predicted octanol–water partition coefficient (Wildman–Crippen LogP) is 4.69. The summed E-state index contributed by atoms with van der Waals surface area (Å²) in [4.78, 5) is 27.9. The van der Waals surface area contributed by atoms with Crippen molar-refractivity contribution in [1.82, 2.24) is 14.8 Å². The SMILES string of the molecule is CCOc1ccc2c(c1)c(C)c(C(=O)Nc1ccc(C(=O)NCCN(CC)CC)cc1)n2CC. The number of carbonyl (C=O) groups is 2. The third-order valence-corrected chi connectivity index (χ3v) is 6.14. The van der Waals surface area contributed by atoms with Crippen LogP contribution in [0.4, 0.5) is 5.69 Å². The van der Waals surface area contributed by atoms with E-state index in [2.05, 4.69) is 29.4 Å². The number of nitrogens with one attached hydrogen (secondary N) is 2. The number of anilines is 1. The van der Waals surface area contributed by atoms with Crippen molar-refractivity contribution in [3.63, 3.8) is 0 Å². The molecule has 182 valence electrons. The van der Waals surface area contributed by atoms with Gasteiger partial charge in [0.2, 0.25) is 0 Å². The minimum atomic E-state index is -0.176. The van der Waals surface area contributed by atoms with Gasteiger partial charge in [0.25, 0.3) is 11.8 Å². The first-order valence-electron chi connectivity index (χ1n) is 12.1. The van der Waals surface area contributed by atoms with E-state index in [0.717, 1.165) is 41.9 Å². The van der Waals surface area contributed by atoms with Gasteiger partial charge in [-0.3, -0.25) is 9.59 Å². The van der Waals surface area contributed by atoms with Gasteiger partial charge in [-0.2, -0.15) is 0 Å². The summed E-state index contributed by atoms with van der Waals surface area (Å²) in [6, 6.07) is 12.9. The van der Waals surface area contributed by atoms with E-state index in [-0.39, 0.29) is 11.8 Å². The second-order valence-electron chi connectivity index (χ2n) is 8.14. The molecule has 0 radical (unpaired) electrons. The van der Waals surface area contributed by atoms with E-state index in [1.165, 1.54) is 0 Å². The Morgan fingerprint density at radius 3 is 2.29 bits per heavy atom. The number of benzene rings is 2. The molecule has 0 fully saturated rings. The lowest BCUT2D eigenvalue weighted by molar-refractivity contribution is 0.0948. The molecule has 34 heavy (non-hydrogen) atoms. The fraction of sp³-hybridized carbons (Fsp3) is 0.407. The van der Waals surface area contributed by atoms with Gasteiger partial charge in [-0.15, -0.1) is 0 Å². The van der Waals surface area contributed by atoms with Crippen LogP contribution in [0.15, 0.2) is 42.5 Å². The number of ether oxygens (including phenoxy) is 1. The van der Waals surface area contributed by atoms with Crippen molar-refractivity contribution < 1.29 is 14.3 Å². The lowest BCUT2D eigenvalue weighted by atomic mass is 10.1. The first-order chi connectivity index (χ1) is 16.4. The Morgan fingerprint density at radius 2 is 1.68 bits per heavy atom. The summed E-state index contributed by atoms with van der Waals surface area (Å²) >= 11 is 0. The molecular formula is C27H36N4O3. The van der Waals surface area contributed by atoms with E-state index in [0.29, 0.717) is 36.6 Å². The normalized spacial score (nSPS) is 11.1. The minimum Gasteiger partial charge on any atom is -0.494 e. The molecule has 0 unspecified atom stereocenters. The molecule has 7 nitrogen and oxygen atoms in total. The number of hydrogen-bond acceptors (Lipinski definition) is 4. The number of aromatic nitrogens is 1. The van der Waals surface area contributed by atoms with Crippen molar-refractivity contribution in [2.24, 2.45) is 0 Å². The molecule has 1 aromatic heterocycles. The average molecular weight is 465 g/mol. The fourth-order valence-corrected chi connectivity index (χ4v) is 4.24. The number of hydrogen-bond donors (Lipinski definition) is 2. The Bertz CT molecular complexity index is 1130. The van der Waals surface area contributed by atoms with Crippen molar-refractivity contribution in [3.8, 4) is 5.75 Å². The third-order valence-electron chi connectivity index (χ3n) is 6.14. The monoisotopic (exact) mass is 464 g/mol. The van der Waals surface area contributed by atoms with E-state index in [1.54, 1.807) is 24.3 Å². The maximum atomic E-state index is 13.2. The lowest BCUT2D eigenvalue weighted by Gasteiger charge is -2.18. The summed E-state index contributed by atoms with van der Waals surface area (Å²) in [6.45, 7) is 14.8. The first kappa shape index (κ1) is 25.3. The predicted molar refractivity (Wildman–Crippen MR) is 138 cm³/mol. The van der Waals surface area contributed by atoms with Crippen LogP contribution in [0.1, 0.15) is 54.1 Å². The van der Waals surface area contributed by atoms with E-state index in [9.17, 15) is 9.59 Å². The zero-order valence-corrected chi connectivity index (χ0v) is 20.9. The summed E-state index contributed by atoms with van der Waals surface area (Å²) in [5.41, 5.74) is 3.77. The zero-order chi connectivity index (χ0) is 24.7. The van der Waals surface area contributed by atoms with Crippen LogP contribution >= 0.6 is 0 Å². The van der Waals surface area contributed by atoms with Gasteiger partial charge in [-0.25, -0.2) is 0 Å². The summed E-state index contributed by atoms with van der Waals surface area (Å²) in [7, 11) is 0. The molecule has 2 amide bonds. The number of carbonyl (C=O) groups excluding carboxylic acids is 2. The number of aryl methyl sites for hydroxylation is 2. The molecule has 3 rings (SSSR count).